The summed E-state index contributed by atoms with van der Waals surface area (Å²) in [4.78, 5) is 63.1. The molecule has 1 atom stereocenters. The summed E-state index contributed by atoms with van der Waals surface area (Å²) in [5.74, 6) is -2.65. The van der Waals surface area contributed by atoms with Gasteiger partial charge in [0, 0.05) is 26.0 Å². The molecule has 1 aromatic carbocycles. The van der Waals surface area contributed by atoms with E-state index in [2.05, 4.69) is 16.0 Å². The molecular weight excluding hydrogens is 496 g/mol. The molecule has 3 N–H and O–H groups in total. The summed E-state index contributed by atoms with van der Waals surface area (Å²) in [7, 11) is 1.87. The van der Waals surface area contributed by atoms with Crippen LogP contribution in [0.15, 0.2) is 18.2 Å². The molecule has 3 rings (SSSR count). The number of rotatable bonds is 17. The molecule has 0 aliphatic carbocycles. The van der Waals surface area contributed by atoms with Crippen molar-refractivity contribution in [3.05, 3.63) is 29.3 Å². The van der Waals surface area contributed by atoms with Crippen molar-refractivity contribution in [2.24, 2.45) is 0 Å². The molecule has 1 aromatic rings. The van der Waals surface area contributed by atoms with E-state index in [0.717, 1.165) is 24.3 Å². The van der Waals surface area contributed by atoms with Crippen LogP contribution >= 0.6 is 0 Å². The molecule has 1 saturated heterocycles. The van der Waals surface area contributed by atoms with Gasteiger partial charge in [0.15, 0.2) is 0 Å². The van der Waals surface area contributed by atoms with Gasteiger partial charge in [0.1, 0.15) is 6.04 Å². The highest BCUT2D eigenvalue weighted by atomic mass is 16.5. The van der Waals surface area contributed by atoms with Crippen LogP contribution in [0.5, 0.6) is 0 Å². The molecule has 0 saturated carbocycles. The first-order valence-electron chi connectivity index (χ1n) is 13.0. The number of nitrogens with zero attached hydrogens (tertiary/aromatic N) is 1. The van der Waals surface area contributed by atoms with Crippen LogP contribution in [0.2, 0.25) is 0 Å². The smallest absolute Gasteiger partial charge is 0.264 e. The summed E-state index contributed by atoms with van der Waals surface area (Å²) in [5.41, 5.74) is 0.423. The Balaban J connectivity index is 1.34. The van der Waals surface area contributed by atoms with Crippen LogP contribution in [0, 0.1) is 0 Å². The number of amides is 5. The van der Waals surface area contributed by atoms with Crippen LogP contribution in [-0.4, -0.2) is 93.7 Å². The Morgan fingerprint density at radius 2 is 1.66 bits per heavy atom. The molecule has 38 heavy (non-hydrogen) atoms. The largest absolute Gasteiger partial charge is 0.379 e. The van der Waals surface area contributed by atoms with E-state index in [1.165, 1.54) is 6.07 Å². The van der Waals surface area contributed by atoms with Crippen molar-refractivity contribution in [1.82, 2.24) is 15.5 Å². The maximum Gasteiger partial charge on any atom is 0.264 e. The Hall–Kier alpha value is -3.19. The summed E-state index contributed by atoms with van der Waals surface area (Å²) in [5, 5.41) is 7.89. The van der Waals surface area contributed by atoms with Gasteiger partial charge in [0.25, 0.3) is 11.8 Å². The summed E-state index contributed by atoms with van der Waals surface area (Å²) < 4.78 is 16.3. The van der Waals surface area contributed by atoms with Crippen LogP contribution in [-0.2, 0) is 28.6 Å². The summed E-state index contributed by atoms with van der Waals surface area (Å²) >= 11 is 0. The number of anilines is 1. The fourth-order valence-electron chi connectivity index (χ4n) is 4.21. The fourth-order valence-corrected chi connectivity index (χ4v) is 4.21. The quantitative estimate of drug-likeness (QED) is 0.196. The number of imide groups is 2. The second-order valence-electron chi connectivity index (χ2n) is 8.97. The lowest BCUT2D eigenvalue weighted by atomic mass is 10.0. The van der Waals surface area contributed by atoms with Crippen molar-refractivity contribution in [2.45, 2.75) is 44.6 Å². The molecule has 208 valence electrons. The third-order valence-corrected chi connectivity index (χ3v) is 6.18. The number of ether oxygens (including phenoxy) is 3. The van der Waals surface area contributed by atoms with Crippen LogP contribution < -0.4 is 16.0 Å². The minimum atomic E-state index is -1.06. The van der Waals surface area contributed by atoms with Gasteiger partial charge in [0.05, 0.1) is 49.8 Å². The van der Waals surface area contributed by atoms with Crippen LogP contribution in [0.4, 0.5) is 5.69 Å². The van der Waals surface area contributed by atoms with E-state index in [1.807, 2.05) is 7.05 Å². The molecule has 2 aliphatic rings. The molecule has 0 spiro atoms. The van der Waals surface area contributed by atoms with E-state index in [1.54, 1.807) is 12.1 Å². The average molecular weight is 533 g/mol. The highest BCUT2D eigenvalue weighted by Gasteiger charge is 2.45. The Kier molecular flexibility index (Phi) is 11.8. The predicted octanol–water partition coefficient (Wildman–Crippen LogP) is 0.856. The average Bonchev–Trinajstić information content (AvgIpc) is 3.15. The maximum absolute atomic E-state index is 13.1. The van der Waals surface area contributed by atoms with E-state index in [-0.39, 0.29) is 42.0 Å². The number of carbonyl (C=O) groups is 5. The van der Waals surface area contributed by atoms with Crippen molar-refractivity contribution >= 4 is 35.2 Å². The molecule has 0 aromatic heterocycles. The van der Waals surface area contributed by atoms with Crippen molar-refractivity contribution in [3.63, 3.8) is 0 Å². The predicted molar refractivity (Wildman–Crippen MR) is 137 cm³/mol. The lowest BCUT2D eigenvalue weighted by molar-refractivity contribution is -0.136. The Morgan fingerprint density at radius 1 is 0.947 bits per heavy atom. The standard InChI is InChI=1S/C26H36N4O8/c1-27-11-13-37-15-17-38-16-14-36-12-4-2-3-8-21(31)28-19-7-5-6-18-23(19)26(35)30(25(18)34)20-9-10-22(32)29-24(20)33/h5-7,20,27H,2-4,8-17H2,1H3,(H,28,31)(H,29,32,33). The number of unbranched alkanes of at least 4 members (excludes halogenated alkanes) is 2. The highest BCUT2D eigenvalue weighted by Crippen LogP contribution is 2.32. The molecule has 0 radical (unpaired) electrons. The number of nitrogens with one attached hydrogen (secondary N) is 3. The summed E-state index contributed by atoms with van der Waals surface area (Å²) in [6, 6.07) is 3.56. The van der Waals surface area contributed by atoms with Crippen molar-refractivity contribution in [1.29, 1.82) is 0 Å². The summed E-state index contributed by atoms with van der Waals surface area (Å²) in [6.07, 6.45) is 2.59. The number of carbonyl (C=O) groups excluding carboxylic acids is 5. The van der Waals surface area contributed by atoms with Gasteiger partial charge in [-0.3, -0.25) is 34.2 Å². The van der Waals surface area contributed by atoms with Gasteiger partial charge in [-0.2, -0.15) is 0 Å². The van der Waals surface area contributed by atoms with Gasteiger partial charge in [-0.05, 0) is 38.4 Å². The molecule has 2 heterocycles. The van der Waals surface area contributed by atoms with Gasteiger partial charge in [0.2, 0.25) is 17.7 Å². The Morgan fingerprint density at radius 3 is 2.37 bits per heavy atom. The highest BCUT2D eigenvalue weighted by molar-refractivity contribution is 6.26. The van der Waals surface area contributed by atoms with Gasteiger partial charge >= 0.3 is 0 Å². The lowest BCUT2D eigenvalue weighted by Gasteiger charge is -2.27. The number of likely N-dealkylation sites (N-methyl/N-ethyl adjacent to an activating group) is 1. The van der Waals surface area contributed by atoms with Crippen LogP contribution in [0.25, 0.3) is 0 Å². The number of fused-ring (bicyclic) bond motifs is 1. The normalized spacial score (nSPS) is 17.1. The first-order chi connectivity index (χ1) is 18.4. The zero-order chi connectivity index (χ0) is 27.3. The number of hydrogen-bond donors (Lipinski definition) is 3. The molecule has 1 fully saturated rings. The first kappa shape index (κ1) is 29.4. The van der Waals surface area contributed by atoms with Crippen molar-refractivity contribution in [2.75, 3.05) is 58.6 Å². The van der Waals surface area contributed by atoms with E-state index >= 15 is 0 Å². The molecular formula is C26H36N4O8. The second-order valence-corrected chi connectivity index (χ2v) is 8.97. The zero-order valence-electron chi connectivity index (χ0n) is 21.7. The van der Waals surface area contributed by atoms with Crippen LogP contribution in [0.3, 0.4) is 0 Å². The lowest BCUT2D eigenvalue weighted by Crippen LogP contribution is -2.54. The number of hydrogen-bond acceptors (Lipinski definition) is 9. The number of piperidine rings is 1. The third-order valence-electron chi connectivity index (χ3n) is 6.18. The molecule has 12 heteroatoms. The monoisotopic (exact) mass is 532 g/mol. The van der Waals surface area contributed by atoms with E-state index in [4.69, 9.17) is 14.2 Å². The SMILES string of the molecule is CNCCOCCOCCOCCCCCC(=O)Nc1cccc2c1C(=O)N(C1CCC(=O)NC1=O)C2=O. The van der Waals surface area contributed by atoms with Gasteiger partial charge in [-0.15, -0.1) is 0 Å². The van der Waals surface area contributed by atoms with E-state index in [0.29, 0.717) is 46.1 Å². The van der Waals surface area contributed by atoms with Crippen molar-refractivity contribution in [3.8, 4) is 0 Å². The number of benzene rings is 1. The second kappa shape index (κ2) is 15.3. The minimum Gasteiger partial charge on any atom is -0.379 e. The minimum absolute atomic E-state index is 0.0408. The Bertz CT molecular complexity index is 1010. The van der Waals surface area contributed by atoms with Crippen LogP contribution in [0.1, 0.15) is 59.2 Å². The van der Waals surface area contributed by atoms with Gasteiger partial charge in [-0.25, -0.2) is 0 Å². The summed E-state index contributed by atoms with van der Waals surface area (Å²) in [6.45, 7) is 4.12. The molecule has 2 aliphatic heterocycles. The third kappa shape index (κ3) is 8.15. The van der Waals surface area contributed by atoms with E-state index < -0.39 is 29.7 Å². The van der Waals surface area contributed by atoms with Gasteiger partial charge in [-0.1, -0.05) is 12.5 Å². The van der Waals surface area contributed by atoms with Gasteiger partial charge < -0.3 is 24.8 Å². The molecule has 12 nitrogen and oxygen atoms in total. The zero-order valence-corrected chi connectivity index (χ0v) is 21.7. The van der Waals surface area contributed by atoms with E-state index in [9.17, 15) is 24.0 Å². The Labute approximate surface area is 221 Å². The molecule has 0 bridgehead atoms. The first-order valence-corrected chi connectivity index (χ1v) is 13.0. The molecule has 1 unspecified atom stereocenters. The van der Waals surface area contributed by atoms with Crippen molar-refractivity contribution < 1.29 is 38.2 Å². The maximum atomic E-state index is 13.1. The topological polar surface area (TPSA) is 152 Å². The fraction of sp³-hybridized carbons (Fsp3) is 0.577. The molecule has 5 amide bonds.